The molecule has 1 unspecified atom stereocenters. The summed E-state index contributed by atoms with van der Waals surface area (Å²) in [7, 11) is -2.14. The van der Waals surface area contributed by atoms with Crippen molar-refractivity contribution in [2.45, 2.75) is 45.6 Å². The number of halogens is 3. The molecular formula is C23H37F3N4O2Si. The molecule has 1 atom stereocenters. The molecule has 10 heteroatoms. The van der Waals surface area contributed by atoms with E-state index in [1.54, 1.807) is 4.90 Å². The van der Waals surface area contributed by atoms with Crippen LogP contribution in [0.5, 0.6) is 0 Å². The van der Waals surface area contributed by atoms with Gasteiger partial charge >= 0.3 is 12.3 Å². The molecule has 2 fully saturated rings. The van der Waals surface area contributed by atoms with Crippen LogP contribution in [-0.2, 0) is 10.9 Å². The minimum Gasteiger partial charge on any atom is -0.446 e. The van der Waals surface area contributed by atoms with Crippen LogP contribution in [0.15, 0.2) is 18.2 Å². The first-order chi connectivity index (χ1) is 15.5. The van der Waals surface area contributed by atoms with Crippen LogP contribution in [0, 0.1) is 0 Å². The van der Waals surface area contributed by atoms with Gasteiger partial charge in [0.2, 0.25) is 0 Å². The van der Waals surface area contributed by atoms with Crippen molar-refractivity contribution < 1.29 is 22.7 Å². The fourth-order valence-corrected chi connectivity index (χ4v) is 7.05. The van der Waals surface area contributed by atoms with E-state index in [1.165, 1.54) is 12.1 Å². The normalized spacial score (nSPS) is 19.5. The lowest BCUT2D eigenvalue weighted by molar-refractivity contribution is -0.137. The molecule has 2 saturated heterocycles. The Bertz CT molecular complexity index is 807. The molecule has 0 aliphatic carbocycles. The van der Waals surface area contributed by atoms with Crippen molar-refractivity contribution in [2.24, 2.45) is 0 Å². The Morgan fingerprint density at radius 1 is 1.09 bits per heavy atom. The van der Waals surface area contributed by atoms with E-state index < -0.39 is 19.8 Å². The number of benzene rings is 1. The number of anilines is 1. The quantitative estimate of drug-likeness (QED) is 0.626. The molecule has 1 amide bonds. The number of nitrogens with one attached hydrogen (secondary N) is 1. The van der Waals surface area contributed by atoms with Crippen molar-refractivity contribution in [2.75, 3.05) is 63.4 Å². The van der Waals surface area contributed by atoms with Gasteiger partial charge in [0.05, 0.1) is 13.6 Å². The summed E-state index contributed by atoms with van der Waals surface area (Å²) < 4.78 is 46.8. The maximum absolute atomic E-state index is 13.8. The van der Waals surface area contributed by atoms with Crippen molar-refractivity contribution >= 4 is 25.0 Å². The topological polar surface area (TPSA) is 48.1 Å². The number of amides is 1. The summed E-state index contributed by atoms with van der Waals surface area (Å²) in [6.07, 6.45) is -3.31. The average Bonchev–Trinajstić information content (AvgIpc) is 2.78. The largest absolute Gasteiger partial charge is 0.446 e. The predicted octanol–water partition coefficient (Wildman–Crippen LogP) is 3.12. The zero-order valence-electron chi connectivity index (χ0n) is 20.2. The first-order valence-corrected chi connectivity index (χ1v) is 15.1. The molecule has 2 aliphatic heterocycles. The van der Waals surface area contributed by atoms with Crippen LogP contribution in [0.25, 0.3) is 0 Å². The number of hydrogen-bond donors (Lipinski definition) is 1. The Labute approximate surface area is 196 Å². The Hall–Kier alpha value is -1.78. The van der Waals surface area contributed by atoms with E-state index in [-0.39, 0.29) is 12.2 Å². The minimum atomic E-state index is -4.40. The number of ether oxygens (including phenoxy) is 1. The Morgan fingerprint density at radius 3 is 2.30 bits per heavy atom. The summed E-state index contributed by atoms with van der Waals surface area (Å²) >= 11 is 0. The van der Waals surface area contributed by atoms with Gasteiger partial charge in [-0.1, -0.05) is 31.3 Å². The molecule has 0 radical (unpaired) electrons. The van der Waals surface area contributed by atoms with Crippen molar-refractivity contribution in [3.8, 4) is 0 Å². The highest BCUT2D eigenvalue weighted by Gasteiger charge is 2.35. The maximum Gasteiger partial charge on any atom is 0.416 e. The summed E-state index contributed by atoms with van der Waals surface area (Å²) in [5.74, 6) is 0. The molecule has 0 aromatic heterocycles. The van der Waals surface area contributed by atoms with E-state index in [4.69, 9.17) is 4.74 Å². The van der Waals surface area contributed by atoms with Crippen LogP contribution < -0.4 is 15.4 Å². The zero-order valence-corrected chi connectivity index (χ0v) is 21.2. The second kappa shape index (κ2) is 10.6. The van der Waals surface area contributed by atoms with Gasteiger partial charge in [-0.25, -0.2) is 4.79 Å². The molecule has 0 spiro atoms. The number of carbonyl (C=O) groups is 1. The zero-order chi connectivity index (χ0) is 24.2. The van der Waals surface area contributed by atoms with Crippen LogP contribution in [0.4, 0.5) is 23.7 Å². The molecule has 1 aromatic carbocycles. The van der Waals surface area contributed by atoms with Gasteiger partial charge in [-0.3, -0.25) is 0 Å². The lowest BCUT2D eigenvalue weighted by Gasteiger charge is -2.38. The first kappa shape index (κ1) is 25.8. The third-order valence-electron chi connectivity index (χ3n) is 6.64. The summed E-state index contributed by atoms with van der Waals surface area (Å²) in [5, 5.41) is 4.15. The van der Waals surface area contributed by atoms with Crippen LogP contribution in [0.3, 0.4) is 0 Å². The fourth-order valence-electron chi connectivity index (χ4n) is 4.34. The van der Waals surface area contributed by atoms with E-state index >= 15 is 0 Å². The SMILES string of the molecule is CCC(C)OC(=O)N1CCN(c2cc(C(F)(F)F)cc([Si](C)(C)CN3CCNCC3)c2)CC1. The Kier molecular flexibility index (Phi) is 8.34. The molecule has 0 saturated carbocycles. The van der Waals surface area contributed by atoms with E-state index in [0.717, 1.165) is 44.0 Å². The third kappa shape index (κ3) is 6.86. The first-order valence-electron chi connectivity index (χ1n) is 11.9. The van der Waals surface area contributed by atoms with Crippen LogP contribution >= 0.6 is 0 Å². The molecule has 3 rings (SSSR count). The summed E-state index contributed by atoms with van der Waals surface area (Å²) in [6.45, 7) is 13.6. The highest BCUT2D eigenvalue weighted by molar-refractivity contribution is 6.90. The van der Waals surface area contributed by atoms with Gasteiger partial charge in [-0.2, -0.15) is 13.2 Å². The second-order valence-corrected chi connectivity index (χ2v) is 14.4. The number of hydrogen-bond acceptors (Lipinski definition) is 5. The van der Waals surface area contributed by atoms with Gasteiger partial charge in [0.1, 0.15) is 6.10 Å². The van der Waals surface area contributed by atoms with Crippen molar-refractivity contribution in [3.05, 3.63) is 23.8 Å². The highest BCUT2D eigenvalue weighted by atomic mass is 28.3. The molecule has 1 N–H and O–H groups in total. The number of piperazine rings is 2. The molecule has 1 aromatic rings. The monoisotopic (exact) mass is 486 g/mol. The molecule has 2 heterocycles. The molecule has 33 heavy (non-hydrogen) atoms. The molecule has 2 aliphatic rings. The van der Waals surface area contributed by atoms with Crippen molar-refractivity contribution in [1.82, 2.24) is 15.1 Å². The number of nitrogens with zero attached hydrogens (tertiary/aromatic N) is 3. The summed E-state index contributed by atoms with van der Waals surface area (Å²) in [4.78, 5) is 18.3. The Morgan fingerprint density at radius 2 is 1.73 bits per heavy atom. The minimum absolute atomic E-state index is 0.149. The fraction of sp³-hybridized carbons (Fsp3) is 0.696. The van der Waals surface area contributed by atoms with Gasteiger partial charge in [-0.15, -0.1) is 0 Å². The van der Waals surface area contributed by atoms with E-state index in [2.05, 4.69) is 23.3 Å². The van der Waals surface area contributed by atoms with Gasteiger partial charge in [0.25, 0.3) is 0 Å². The molecular weight excluding hydrogens is 449 g/mol. The van der Waals surface area contributed by atoms with Crippen LogP contribution in [0.1, 0.15) is 25.8 Å². The van der Waals surface area contributed by atoms with Gasteiger partial charge in [0, 0.05) is 58.0 Å². The van der Waals surface area contributed by atoms with Crippen molar-refractivity contribution in [3.63, 3.8) is 0 Å². The number of rotatable bonds is 6. The second-order valence-electron chi connectivity index (χ2n) is 9.75. The standard InChI is InChI=1S/C23H37F3N4O2Si/c1-5-18(2)32-22(31)30-12-10-29(11-13-30)20-14-19(23(24,25)26)15-21(16-20)33(3,4)17-28-8-6-27-7-9-28/h14-16,18,27H,5-13,17H2,1-4H3. The third-order valence-corrected chi connectivity index (χ3v) is 9.72. The van der Waals surface area contributed by atoms with E-state index in [1.807, 2.05) is 24.8 Å². The van der Waals surface area contributed by atoms with Gasteiger partial charge in [-0.05, 0) is 31.6 Å². The maximum atomic E-state index is 13.8. The van der Waals surface area contributed by atoms with Crippen molar-refractivity contribution in [1.29, 1.82) is 0 Å². The van der Waals surface area contributed by atoms with E-state index in [0.29, 0.717) is 31.9 Å². The van der Waals surface area contributed by atoms with Crippen LogP contribution in [0.2, 0.25) is 13.1 Å². The molecule has 6 nitrogen and oxygen atoms in total. The summed E-state index contributed by atoms with van der Waals surface area (Å²) in [6, 6.07) is 4.57. The summed E-state index contributed by atoms with van der Waals surface area (Å²) in [5.41, 5.74) is 0.00477. The lowest BCUT2D eigenvalue weighted by atomic mass is 10.1. The molecule has 0 bridgehead atoms. The van der Waals surface area contributed by atoms with E-state index in [9.17, 15) is 18.0 Å². The van der Waals surface area contributed by atoms with Gasteiger partial charge < -0.3 is 24.8 Å². The average molecular weight is 487 g/mol. The number of carbonyl (C=O) groups excluding carboxylic acids is 1. The predicted molar refractivity (Wildman–Crippen MR) is 128 cm³/mol. The highest BCUT2D eigenvalue weighted by Crippen LogP contribution is 2.32. The molecule has 186 valence electrons. The smallest absolute Gasteiger partial charge is 0.416 e. The van der Waals surface area contributed by atoms with Crippen LogP contribution in [-0.4, -0.2) is 88.6 Å². The Balaban J connectivity index is 1.77. The lowest BCUT2D eigenvalue weighted by Crippen LogP contribution is -2.56. The van der Waals surface area contributed by atoms with Gasteiger partial charge in [0.15, 0.2) is 0 Å². The number of alkyl halides is 3.